The van der Waals surface area contributed by atoms with E-state index in [1.807, 2.05) is 42.6 Å². The molecule has 0 atom stereocenters. The topological polar surface area (TPSA) is 62.3 Å². The minimum absolute atomic E-state index is 0.00823. The molecule has 0 saturated heterocycles. The minimum Gasteiger partial charge on any atom is -0.333 e. The zero-order valence-corrected chi connectivity index (χ0v) is 14.2. The number of benzene rings is 1. The van der Waals surface area contributed by atoms with E-state index in [4.69, 9.17) is 0 Å². The van der Waals surface area contributed by atoms with Gasteiger partial charge in [0.05, 0.1) is 12.2 Å². The molecule has 0 radical (unpaired) electrons. The number of thiazole rings is 1. The van der Waals surface area contributed by atoms with Crippen molar-refractivity contribution in [3.8, 4) is 11.3 Å². The lowest BCUT2D eigenvalue weighted by Gasteiger charge is -2.20. The van der Waals surface area contributed by atoms with Gasteiger partial charge in [-0.2, -0.15) is 0 Å². The highest BCUT2D eigenvalue weighted by Gasteiger charge is 2.16. The maximum absolute atomic E-state index is 12.1. The average molecular weight is 331 g/mol. The quantitative estimate of drug-likeness (QED) is 0.846. The minimum atomic E-state index is -0.214. The van der Waals surface area contributed by atoms with Gasteiger partial charge in [0.25, 0.3) is 0 Å². The van der Waals surface area contributed by atoms with Crippen molar-refractivity contribution < 1.29 is 9.59 Å². The van der Waals surface area contributed by atoms with Gasteiger partial charge < -0.3 is 10.2 Å². The molecule has 0 aliphatic carbocycles. The normalized spacial score (nSPS) is 10.3. The molecule has 2 aromatic rings. The third-order valence-electron chi connectivity index (χ3n) is 3.30. The average Bonchev–Trinajstić information content (AvgIpc) is 3.03. The standard InChI is InChI=1S/C17H21N3O2S/c1-3-10-20(16(22)4-2)11-15(21)19-17-18-14(12-23-17)13-8-6-5-7-9-13/h5-9,12H,3-4,10-11H2,1-2H3,(H,18,19,21). The van der Waals surface area contributed by atoms with E-state index in [0.717, 1.165) is 17.7 Å². The summed E-state index contributed by atoms with van der Waals surface area (Å²) in [5.74, 6) is -0.222. The fourth-order valence-corrected chi connectivity index (χ4v) is 2.93. The van der Waals surface area contributed by atoms with Crippen molar-refractivity contribution in [1.29, 1.82) is 0 Å². The van der Waals surface area contributed by atoms with Gasteiger partial charge in [0, 0.05) is 23.9 Å². The van der Waals surface area contributed by atoms with Gasteiger partial charge in [0.1, 0.15) is 0 Å². The molecule has 2 amide bonds. The molecule has 1 N–H and O–H groups in total. The van der Waals surface area contributed by atoms with Crippen molar-refractivity contribution >= 4 is 28.3 Å². The predicted octanol–water partition coefficient (Wildman–Crippen LogP) is 3.40. The second-order valence-corrected chi connectivity index (χ2v) is 5.98. The van der Waals surface area contributed by atoms with Crippen LogP contribution in [-0.4, -0.2) is 34.8 Å². The smallest absolute Gasteiger partial charge is 0.245 e. The highest BCUT2D eigenvalue weighted by molar-refractivity contribution is 7.14. The van der Waals surface area contributed by atoms with Crippen LogP contribution in [0.3, 0.4) is 0 Å². The van der Waals surface area contributed by atoms with Gasteiger partial charge >= 0.3 is 0 Å². The first-order valence-electron chi connectivity index (χ1n) is 7.72. The van der Waals surface area contributed by atoms with Crippen LogP contribution in [0, 0.1) is 0 Å². The Morgan fingerprint density at radius 3 is 2.61 bits per heavy atom. The van der Waals surface area contributed by atoms with E-state index in [9.17, 15) is 9.59 Å². The first kappa shape index (κ1) is 17.1. The molecular weight excluding hydrogens is 310 g/mol. The second kappa shape index (κ2) is 8.43. The summed E-state index contributed by atoms with van der Waals surface area (Å²) in [5, 5.41) is 5.23. The molecule has 1 aromatic carbocycles. The Kier molecular flexibility index (Phi) is 6.29. The van der Waals surface area contributed by atoms with E-state index >= 15 is 0 Å². The fraction of sp³-hybridized carbons (Fsp3) is 0.353. The first-order valence-corrected chi connectivity index (χ1v) is 8.60. The van der Waals surface area contributed by atoms with Crippen LogP contribution >= 0.6 is 11.3 Å². The van der Waals surface area contributed by atoms with Crippen molar-refractivity contribution in [2.45, 2.75) is 26.7 Å². The molecular formula is C17H21N3O2S. The summed E-state index contributed by atoms with van der Waals surface area (Å²) in [6.45, 7) is 4.45. The molecule has 6 heteroatoms. The Labute approximate surface area is 140 Å². The summed E-state index contributed by atoms with van der Waals surface area (Å²) in [6.07, 6.45) is 1.23. The van der Waals surface area contributed by atoms with Gasteiger partial charge in [0.15, 0.2) is 5.13 Å². The molecule has 1 heterocycles. The van der Waals surface area contributed by atoms with Crippen LogP contribution in [0.1, 0.15) is 26.7 Å². The van der Waals surface area contributed by atoms with Gasteiger partial charge in [-0.25, -0.2) is 4.98 Å². The highest BCUT2D eigenvalue weighted by Crippen LogP contribution is 2.24. The molecule has 0 fully saturated rings. The van der Waals surface area contributed by atoms with Crippen LogP contribution < -0.4 is 5.32 Å². The summed E-state index contributed by atoms with van der Waals surface area (Å²) >= 11 is 1.38. The van der Waals surface area contributed by atoms with Gasteiger partial charge in [-0.05, 0) is 6.42 Å². The van der Waals surface area contributed by atoms with Crippen molar-refractivity contribution in [3.05, 3.63) is 35.7 Å². The van der Waals surface area contributed by atoms with Crippen LogP contribution in [0.5, 0.6) is 0 Å². The largest absolute Gasteiger partial charge is 0.333 e. The summed E-state index contributed by atoms with van der Waals surface area (Å²) in [7, 11) is 0. The number of nitrogens with zero attached hydrogens (tertiary/aromatic N) is 2. The van der Waals surface area contributed by atoms with Gasteiger partial charge in [0.2, 0.25) is 11.8 Å². The summed E-state index contributed by atoms with van der Waals surface area (Å²) in [4.78, 5) is 29.9. The van der Waals surface area contributed by atoms with Crippen LogP contribution in [0.25, 0.3) is 11.3 Å². The molecule has 2 rings (SSSR count). The number of hydrogen-bond donors (Lipinski definition) is 1. The maximum atomic E-state index is 12.1. The number of rotatable bonds is 7. The molecule has 23 heavy (non-hydrogen) atoms. The van der Waals surface area contributed by atoms with Crippen LogP contribution in [0.4, 0.5) is 5.13 Å². The third-order valence-corrected chi connectivity index (χ3v) is 4.06. The van der Waals surface area contributed by atoms with Crippen molar-refractivity contribution in [2.75, 3.05) is 18.4 Å². The molecule has 0 spiro atoms. The second-order valence-electron chi connectivity index (χ2n) is 5.12. The predicted molar refractivity (Wildman–Crippen MR) is 93.3 cm³/mol. The Morgan fingerprint density at radius 1 is 1.22 bits per heavy atom. The lowest BCUT2D eigenvalue weighted by atomic mass is 10.2. The summed E-state index contributed by atoms with van der Waals surface area (Å²) < 4.78 is 0. The Bertz CT molecular complexity index is 655. The number of aromatic nitrogens is 1. The molecule has 122 valence electrons. The van der Waals surface area contributed by atoms with Crippen LogP contribution in [-0.2, 0) is 9.59 Å². The lowest BCUT2D eigenvalue weighted by molar-refractivity contribution is -0.134. The van der Waals surface area contributed by atoms with Crippen molar-refractivity contribution in [1.82, 2.24) is 9.88 Å². The van der Waals surface area contributed by atoms with E-state index < -0.39 is 0 Å². The fourth-order valence-electron chi connectivity index (χ4n) is 2.19. The summed E-state index contributed by atoms with van der Waals surface area (Å²) in [6, 6.07) is 9.80. The number of carbonyl (C=O) groups is 2. The summed E-state index contributed by atoms with van der Waals surface area (Å²) in [5.41, 5.74) is 1.85. The number of anilines is 1. The third kappa shape index (κ3) is 4.89. The van der Waals surface area contributed by atoms with E-state index in [1.165, 1.54) is 11.3 Å². The van der Waals surface area contributed by atoms with Crippen molar-refractivity contribution in [2.24, 2.45) is 0 Å². The van der Waals surface area contributed by atoms with E-state index in [1.54, 1.807) is 11.8 Å². The number of hydrogen-bond acceptors (Lipinski definition) is 4. The maximum Gasteiger partial charge on any atom is 0.245 e. The number of amides is 2. The van der Waals surface area contributed by atoms with Crippen LogP contribution in [0.2, 0.25) is 0 Å². The zero-order valence-electron chi connectivity index (χ0n) is 13.4. The molecule has 0 unspecified atom stereocenters. The number of nitrogens with one attached hydrogen (secondary N) is 1. The van der Waals surface area contributed by atoms with Crippen molar-refractivity contribution in [3.63, 3.8) is 0 Å². The Hall–Kier alpha value is -2.21. The van der Waals surface area contributed by atoms with Gasteiger partial charge in [-0.1, -0.05) is 44.2 Å². The molecule has 0 bridgehead atoms. The zero-order chi connectivity index (χ0) is 16.7. The SMILES string of the molecule is CCCN(CC(=O)Nc1nc(-c2ccccc2)cs1)C(=O)CC. The van der Waals surface area contributed by atoms with Crippen LogP contribution in [0.15, 0.2) is 35.7 Å². The molecule has 0 aliphatic heterocycles. The molecule has 5 nitrogen and oxygen atoms in total. The van der Waals surface area contributed by atoms with E-state index in [2.05, 4.69) is 10.3 Å². The monoisotopic (exact) mass is 331 g/mol. The van der Waals surface area contributed by atoms with Gasteiger partial charge in [-0.15, -0.1) is 11.3 Å². The molecule has 0 aliphatic rings. The van der Waals surface area contributed by atoms with Gasteiger partial charge in [-0.3, -0.25) is 9.59 Å². The molecule has 0 saturated carbocycles. The number of carbonyl (C=O) groups excluding carboxylic acids is 2. The molecule has 1 aromatic heterocycles. The lowest BCUT2D eigenvalue weighted by Crippen LogP contribution is -2.38. The Balaban J connectivity index is 1.98. The Morgan fingerprint density at radius 2 is 1.96 bits per heavy atom. The van der Waals surface area contributed by atoms with E-state index in [-0.39, 0.29) is 18.4 Å². The first-order chi connectivity index (χ1) is 11.1. The highest BCUT2D eigenvalue weighted by atomic mass is 32.1. The van der Waals surface area contributed by atoms with E-state index in [0.29, 0.717) is 18.1 Å².